The number of hydrogen-bond donors (Lipinski definition) is 0. The van der Waals surface area contributed by atoms with Gasteiger partial charge in [0.15, 0.2) is 0 Å². The van der Waals surface area contributed by atoms with Crippen LogP contribution in [0, 0.1) is 6.92 Å². The van der Waals surface area contributed by atoms with Gasteiger partial charge in [-0.2, -0.15) is 0 Å². The highest BCUT2D eigenvalue weighted by molar-refractivity contribution is 9.11. The molecule has 1 aromatic rings. The average Bonchev–Trinajstić information content (AvgIpc) is 1.88. The average molecular weight is 198 g/mol. The lowest BCUT2D eigenvalue weighted by Crippen LogP contribution is -1.82. The van der Waals surface area contributed by atoms with E-state index in [0.717, 1.165) is 11.4 Å². The summed E-state index contributed by atoms with van der Waals surface area (Å²) in [6.07, 6.45) is 1.91. The van der Waals surface area contributed by atoms with E-state index in [0.29, 0.717) is 0 Å². The Balaban J connectivity index is 2.95. The second kappa shape index (κ2) is 3.52. The number of hydrogen-bond acceptors (Lipinski definition) is 1. The van der Waals surface area contributed by atoms with Crippen molar-refractivity contribution in [1.29, 1.82) is 0 Å². The summed E-state index contributed by atoms with van der Waals surface area (Å²) in [7, 11) is 0. The molecule has 0 atom stereocenters. The largest absolute Gasteiger partial charge is 0.254 e. The first kappa shape index (κ1) is 7.48. The van der Waals surface area contributed by atoms with Crippen molar-refractivity contribution in [2.24, 2.45) is 0 Å². The van der Waals surface area contributed by atoms with Crippen LogP contribution in [0.15, 0.2) is 23.2 Å². The van der Waals surface area contributed by atoms with E-state index in [-0.39, 0.29) is 0 Å². The summed E-state index contributed by atoms with van der Waals surface area (Å²) in [4.78, 5) is 6.05. The van der Waals surface area contributed by atoms with Crippen LogP contribution in [-0.2, 0) is 0 Å². The molecule has 0 aromatic carbocycles. The predicted molar refractivity (Wildman–Crippen MR) is 46.9 cm³/mol. The van der Waals surface area contributed by atoms with Crippen molar-refractivity contribution < 1.29 is 0 Å². The van der Waals surface area contributed by atoms with E-state index in [2.05, 4.69) is 20.9 Å². The third-order valence-corrected chi connectivity index (χ3v) is 1.41. The third kappa shape index (κ3) is 1.95. The molecule has 0 amide bonds. The van der Waals surface area contributed by atoms with Gasteiger partial charge in [-0.05, 0) is 30.1 Å². The van der Waals surface area contributed by atoms with Gasteiger partial charge in [-0.15, -0.1) is 0 Å². The molecule has 1 rings (SSSR count). The van der Waals surface area contributed by atoms with Gasteiger partial charge < -0.3 is 0 Å². The molecule has 0 radical (unpaired) electrons. The fourth-order valence-electron chi connectivity index (χ4n) is 0.721. The van der Waals surface area contributed by atoms with Crippen LogP contribution < -0.4 is 0 Å². The first-order valence-corrected chi connectivity index (χ1v) is 3.95. The molecule has 0 fully saturated rings. The minimum atomic E-state index is 0.983. The highest BCUT2D eigenvalue weighted by Gasteiger charge is 1.86. The predicted octanol–water partition coefficient (Wildman–Crippen LogP) is 2.76. The normalized spacial score (nSPS) is 10.6. The van der Waals surface area contributed by atoms with Gasteiger partial charge >= 0.3 is 0 Å². The number of nitrogens with zero attached hydrogens (tertiary/aromatic N) is 1. The summed E-state index contributed by atoms with van der Waals surface area (Å²) in [5.41, 5.74) is 2.03. The molecule has 1 nitrogen and oxygen atoms in total. The summed E-state index contributed by atoms with van der Waals surface area (Å²) in [6, 6.07) is 5.93. The molecule has 1 aromatic heterocycles. The van der Waals surface area contributed by atoms with Crippen LogP contribution in [-0.4, -0.2) is 4.98 Å². The van der Waals surface area contributed by atoms with Gasteiger partial charge in [-0.3, -0.25) is 4.98 Å². The molecule has 0 saturated carbocycles. The molecular formula is C8H8BrN. The number of halogens is 1. The summed E-state index contributed by atoms with van der Waals surface area (Å²) in [6.45, 7) is 1.98. The van der Waals surface area contributed by atoms with E-state index in [1.165, 1.54) is 0 Å². The van der Waals surface area contributed by atoms with Gasteiger partial charge in [0.1, 0.15) is 0 Å². The van der Waals surface area contributed by atoms with Crippen LogP contribution in [0.1, 0.15) is 11.4 Å². The lowest BCUT2D eigenvalue weighted by atomic mass is 10.3. The number of aromatic nitrogens is 1. The fraction of sp³-hybridized carbons (Fsp3) is 0.125. The summed E-state index contributed by atoms with van der Waals surface area (Å²) >= 11 is 3.19. The zero-order valence-electron chi connectivity index (χ0n) is 5.71. The SMILES string of the molecule is Cc1cccc(/C=C\Br)n1. The van der Waals surface area contributed by atoms with Gasteiger partial charge in [0.05, 0.1) is 5.69 Å². The third-order valence-electron chi connectivity index (χ3n) is 1.14. The molecule has 10 heavy (non-hydrogen) atoms. The Morgan fingerprint density at radius 3 is 2.90 bits per heavy atom. The zero-order valence-corrected chi connectivity index (χ0v) is 7.30. The van der Waals surface area contributed by atoms with Crippen molar-refractivity contribution in [3.63, 3.8) is 0 Å². The highest BCUT2D eigenvalue weighted by Crippen LogP contribution is 2.01. The molecule has 0 bridgehead atoms. The van der Waals surface area contributed by atoms with Gasteiger partial charge in [0.2, 0.25) is 0 Å². The number of aryl methyl sites for hydroxylation is 1. The maximum absolute atomic E-state index is 4.25. The van der Waals surface area contributed by atoms with Crippen molar-refractivity contribution in [1.82, 2.24) is 4.98 Å². The lowest BCUT2D eigenvalue weighted by molar-refractivity contribution is 1.18. The second-order valence-electron chi connectivity index (χ2n) is 2.00. The van der Waals surface area contributed by atoms with Crippen molar-refractivity contribution in [2.75, 3.05) is 0 Å². The Labute approximate surface area is 68.9 Å². The summed E-state index contributed by atoms with van der Waals surface area (Å²) < 4.78 is 0. The number of rotatable bonds is 1. The van der Waals surface area contributed by atoms with E-state index >= 15 is 0 Å². The van der Waals surface area contributed by atoms with E-state index in [9.17, 15) is 0 Å². The minimum Gasteiger partial charge on any atom is -0.254 e. The Morgan fingerprint density at radius 1 is 1.50 bits per heavy atom. The first-order valence-electron chi connectivity index (χ1n) is 3.03. The van der Waals surface area contributed by atoms with E-state index in [1.807, 2.05) is 31.2 Å². The van der Waals surface area contributed by atoms with Crippen LogP contribution >= 0.6 is 15.9 Å². The second-order valence-corrected chi connectivity index (χ2v) is 2.53. The van der Waals surface area contributed by atoms with Crippen molar-refractivity contribution in [3.05, 3.63) is 34.6 Å². The molecule has 0 unspecified atom stereocenters. The Kier molecular flexibility index (Phi) is 2.63. The molecule has 0 aliphatic carbocycles. The van der Waals surface area contributed by atoms with Crippen LogP contribution in [0.25, 0.3) is 6.08 Å². The molecule has 52 valence electrons. The lowest BCUT2D eigenvalue weighted by Gasteiger charge is -1.92. The first-order chi connectivity index (χ1) is 4.83. The summed E-state index contributed by atoms with van der Waals surface area (Å²) in [5.74, 6) is 0. The van der Waals surface area contributed by atoms with E-state index < -0.39 is 0 Å². The molecule has 0 aliphatic rings. The number of pyridine rings is 1. The van der Waals surface area contributed by atoms with Gasteiger partial charge in [-0.25, -0.2) is 0 Å². The van der Waals surface area contributed by atoms with Crippen LogP contribution in [0.5, 0.6) is 0 Å². The molecule has 2 heteroatoms. The molecule has 0 aliphatic heterocycles. The van der Waals surface area contributed by atoms with Crippen LogP contribution in [0.4, 0.5) is 0 Å². The Bertz CT molecular complexity index is 243. The van der Waals surface area contributed by atoms with E-state index in [1.54, 1.807) is 4.99 Å². The monoisotopic (exact) mass is 197 g/mol. The van der Waals surface area contributed by atoms with Crippen molar-refractivity contribution in [2.45, 2.75) is 6.92 Å². The Hall–Kier alpha value is -0.630. The Morgan fingerprint density at radius 2 is 2.30 bits per heavy atom. The molecule has 0 N–H and O–H groups in total. The van der Waals surface area contributed by atoms with Crippen molar-refractivity contribution >= 4 is 22.0 Å². The fourth-order valence-corrected chi connectivity index (χ4v) is 0.992. The molecule has 0 spiro atoms. The van der Waals surface area contributed by atoms with Gasteiger partial charge in [-0.1, -0.05) is 22.0 Å². The maximum atomic E-state index is 4.25. The molecule has 0 saturated heterocycles. The van der Waals surface area contributed by atoms with E-state index in [4.69, 9.17) is 0 Å². The summed E-state index contributed by atoms with van der Waals surface area (Å²) in [5, 5.41) is 0. The highest BCUT2D eigenvalue weighted by atomic mass is 79.9. The standard InChI is InChI=1S/C8H8BrN/c1-7-3-2-4-8(10-7)5-6-9/h2-6H,1H3/b6-5-. The zero-order chi connectivity index (χ0) is 7.40. The molecular weight excluding hydrogens is 190 g/mol. The van der Waals surface area contributed by atoms with Crippen LogP contribution in [0.2, 0.25) is 0 Å². The quantitative estimate of drug-likeness (QED) is 0.676. The smallest absolute Gasteiger partial charge is 0.0638 e. The van der Waals surface area contributed by atoms with Crippen molar-refractivity contribution in [3.8, 4) is 0 Å². The topological polar surface area (TPSA) is 12.9 Å². The van der Waals surface area contributed by atoms with Gasteiger partial charge in [0, 0.05) is 5.69 Å². The maximum Gasteiger partial charge on any atom is 0.0638 e. The van der Waals surface area contributed by atoms with Gasteiger partial charge in [0.25, 0.3) is 0 Å². The molecule has 1 heterocycles. The van der Waals surface area contributed by atoms with Crippen LogP contribution in [0.3, 0.4) is 0 Å². The minimum absolute atomic E-state index is 0.983.